The van der Waals surface area contributed by atoms with Crippen LogP contribution in [0.1, 0.15) is 50.6 Å². The van der Waals surface area contributed by atoms with Gasteiger partial charge in [0.25, 0.3) is 0 Å². The van der Waals surface area contributed by atoms with Gasteiger partial charge in [0.15, 0.2) is 0 Å². The molecule has 116 valence electrons. The number of benzene rings is 1. The Balaban J connectivity index is 1.83. The van der Waals surface area contributed by atoms with E-state index in [1.165, 1.54) is 37.7 Å². The summed E-state index contributed by atoms with van der Waals surface area (Å²) in [5, 5.41) is 3.82. The van der Waals surface area contributed by atoms with Gasteiger partial charge in [-0.15, -0.1) is 0 Å². The lowest BCUT2D eigenvalue weighted by atomic mass is 9.80. The molecular weight excluding hydrogens is 326 g/mol. The fraction of sp³-hybridized carbons (Fsp3) is 0.667. The molecule has 0 heterocycles. The lowest BCUT2D eigenvalue weighted by Gasteiger charge is -2.32. The number of nitrogens with one attached hydrogen (secondary N) is 1. The summed E-state index contributed by atoms with van der Waals surface area (Å²) in [6, 6.07) is 7.08. The Morgan fingerprint density at radius 3 is 2.76 bits per heavy atom. The van der Waals surface area contributed by atoms with E-state index >= 15 is 0 Å². The smallest absolute Gasteiger partial charge is 0.133 e. The molecule has 2 aliphatic carbocycles. The van der Waals surface area contributed by atoms with Gasteiger partial charge in [-0.05, 0) is 83.6 Å². The predicted molar refractivity (Wildman–Crippen MR) is 90.7 cm³/mol. The summed E-state index contributed by atoms with van der Waals surface area (Å²) in [5.74, 6) is 3.66. The van der Waals surface area contributed by atoms with E-state index in [4.69, 9.17) is 4.74 Å². The first-order chi connectivity index (χ1) is 10.2. The Morgan fingerprint density at radius 2 is 2.19 bits per heavy atom. The number of fused-ring (bicyclic) bond motifs is 2. The van der Waals surface area contributed by atoms with E-state index in [-0.39, 0.29) is 0 Å². The molecule has 0 aromatic heterocycles. The summed E-state index contributed by atoms with van der Waals surface area (Å²) in [6.07, 6.45) is 6.97. The van der Waals surface area contributed by atoms with Gasteiger partial charge in [-0.1, -0.05) is 19.4 Å². The molecule has 2 fully saturated rings. The van der Waals surface area contributed by atoms with Crippen LogP contribution in [0.5, 0.6) is 5.75 Å². The third kappa shape index (κ3) is 3.14. The van der Waals surface area contributed by atoms with Crippen molar-refractivity contribution < 1.29 is 4.74 Å². The van der Waals surface area contributed by atoms with E-state index in [0.717, 1.165) is 34.5 Å². The summed E-state index contributed by atoms with van der Waals surface area (Å²) in [6.45, 7) is 3.34. The van der Waals surface area contributed by atoms with Crippen LogP contribution in [0.25, 0.3) is 0 Å². The third-order valence-corrected chi connectivity index (χ3v) is 5.99. The Kier molecular flexibility index (Phi) is 4.90. The van der Waals surface area contributed by atoms with Crippen LogP contribution in [-0.2, 0) is 0 Å². The second kappa shape index (κ2) is 6.70. The van der Waals surface area contributed by atoms with Gasteiger partial charge < -0.3 is 10.1 Å². The van der Waals surface area contributed by atoms with Crippen molar-refractivity contribution in [3.63, 3.8) is 0 Å². The van der Waals surface area contributed by atoms with Crippen molar-refractivity contribution in [1.82, 2.24) is 5.32 Å². The molecule has 21 heavy (non-hydrogen) atoms. The molecular formula is C18H26BrNO. The summed E-state index contributed by atoms with van der Waals surface area (Å²) < 4.78 is 6.43. The van der Waals surface area contributed by atoms with Gasteiger partial charge in [0.2, 0.25) is 0 Å². The van der Waals surface area contributed by atoms with Gasteiger partial charge in [0.05, 0.1) is 11.6 Å². The maximum absolute atomic E-state index is 5.37. The summed E-state index contributed by atoms with van der Waals surface area (Å²) >= 11 is 3.64. The minimum atomic E-state index is 0.502. The van der Waals surface area contributed by atoms with E-state index in [1.54, 1.807) is 7.11 Å². The molecule has 0 saturated heterocycles. The molecule has 0 amide bonds. The van der Waals surface area contributed by atoms with E-state index in [9.17, 15) is 0 Å². The quantitative estimate of drug-likeness (QED) is 0.783. The molecule has 0 aliphatic heterocycles. The molecule has 1 aromatic carbocycles. The maximum Gasteiger partial charge on any atom is 0.133 e. The largest absolute Gasteiger partial charge is 0.496 e. The number of halogens is 1. The monoisotopic (exact) mass is 351 g/mol. The predicted octanol–water partition coefficient (Wildman–Crippen LogP) is 4.93. The molecule has 2 bridgehead atoms. The SMILES string of the molecule is CCCNC(c1ccc(OC)c(Br)c1)C1CC2CCC1C2. The molecule has 4 unspecified atom stereocenters. The van der Waals surface area contributed by atoms with Crippen molar-refractivity contribution in [1.29, 1.82) is 0 Å². The topological polar surface area (TPSA) is 21.3 Å². The van der Waals surface area contributed by atoms with Crippen LogP contribution < -0.4 is 10.1 Å². The van der Waals surface area contributed by atoms with Crippen LogP contribution in [0.4, 0.5) is 0 Å². The van der Waals surface area contributed by atoms with Crippen molar-refractivity contribution in [2.24, 2.45) is 17.8 Å². The van der Waals surface area contributed by atoms with Crippen LogP contribution >= 0.6 is 15.9 Å². The summed E-state index contributed by atoms with van der Waals surface area (Å²) in [7, 11) is 1.72. The first-order valence-electron chi connectivity index (χ1n) is 8.29. The molecule has 1 aromatic rings. The molecule has 3 heteroatoms. The lowest BCUT2D eigenvalue weighted by Crippen LogP contribution is -2.32. The molecule has 2 saturated carbocycles. The van der Waals surface area contributed by atoms with Gasteiger partial charge in [-0.3, -0.25) is 0 Å². The number of ether oxygens (including phenoxy) is 1. The molecule has 0 spiro atoms. The highest BCUT2D eigenvalue weighted by atomic mass is 79.9. The minimum Gasteiger partial charge on any atom is -0.496 e. The molecule has 3 rings (SSSR count). The van der Waals surface area contributed by atoms with Gasteiger partial charge in [-0.25, -0.2) is 0 Å². The molecule has 4 atom stereocenters. The number of methoxy groups -OCH3 is 1. The Labute approximate surface area is 136 Å². The Bertz CT molecular complexity index is 490. The molecule has 0 radical (unpaired) electrons. The highest BCUT2D eigenvalue weighted by Crippen LogP contribution is 2.52. The molecule has 2 nitrogen and oxygen atoms in total. The van der Waals surface area contributed by atoms with Gasteiger partial charge in [0.1, 0.15) is 5.75 Å². The second-order valence-corrected chi connectivity index (χ2v) is 7.52. The highest BCUT2D eigenvalue weighted by Gasteiger charge is 2.43. The van der Waals surface area contributed by atoms with E-state index in [1.807, 2.05) is 0 Å². The van der Waals surface area contributed by atoms with Crippen molar-refractivity contribution in [2.45, 2.75) is 45.1 Å². The average Bonchev–Trinajstić information content (AvgIpc) is 3.11. The standard InChI is InChI=1S/C18H26BrNO/c1-3-8-20-18(15-10-12-4-5-13(15)9-12)14-6-7-17(21-2)16(19)11-14/h6-7,11-13,15,18,20H,3-5,8-10H2,1-2H3. The average molecular weight is 352 g/mol. The van der Waals surface area contributed by atoms with E-state index in [2.05, 4.69) is 46.4 Å². The van der Waals surface area contributed by atoms with Crippen molar-refractivity contribution in [3.8, 4) is 5.75 Å². The Morgan fingerprint density at radius 1 is 1.33 bits per heavy atom. The zero-order valence-electron chi connectivity index (χ0n) is 13.1. The van der Waals surface area contributed by atoms with Gasteiger partial charge in [0, 0.05) is 6.04 Å². The van der Waals surface area contributed by atoms with Crippen LogP contribution in [0.15, 0.2) is 22.7 Å². The first-order valence-corrected chi connectivity index (χ1v) is 9.09. The zero-order valence-corrected chi connectivity index (χ0v) is 14.7. The maximum atomic E-state index is 5.37. The minimum absolute atomic E-state index is 0.502. The van der Waals surface area contributed by atoms with Crippen LogP contribution in [0, 0.1) is 17.8 Å². The van der Waals surface area contributed by atoms with Gasteiger partial charge in [-0.2, -0.15) is 0 Å². The number of rotatable bonds is 6. The van der Waals surface area contributed by atoms with Crippen molar-refractivity contribution in [3.05, 3.63) is 28.2 Å². The normalized spacial score (nSPS) is 28.8. The summed E-state index contributed by atoms with van der Waals surface area (Å²) in [4.78, 5) is 0. The fourth-order valence-electron chi connectivity index (χ4n) is 4.39. The van der Waals surface area contributed by atoms with E-state index < -0.39 is 0 Å². The number of hydrogen-bond donors (Lipinski definition) is 1. The lowest BCUT2D eigenvalue weighted by molar-refractivity contribution is 0.250. The van der Waals surface area contributed by atoms with Crippen molar-refractivity contribution in [2.75, 3.05) is 13.7 Å². The third-order valence-electron chi connectivity index (χ3n) is 5.37. The fourth-order valence-corrected chi connectivity index (χ4v) is 4.95. The molecule has 2 aliphatic rings. The van der Waals surface area contributed by atoms with Crippen LogP contribution in [0.3, 0.4) is 0 Å². The molecule has 1 N–H and O–H groups in total. The summed E-state index contributed by atoms with van der Waals surface area (Å²) in [5.41, 5.74) is 1.41. The van der Waals surface area contributed by atoms with Crippen LogP contribution in [-0.4, -0.2) is 13.7 Å². The Hall–Kier alpha value is -0.540. The first kappa shape index (κ1) is 15.4. The van der Waals surface area contributed by atoms with E-state index in [0.29, 0.717) is 6.04 Å². The zero-order chi connectivity index (χ0) is 14.8. The van der Waals surface area contributed by atoms with Crippen molar-refractivity contribution >= 4 is 15.9 Å². The van der Waals surface area contributed by atoms with Gasteiger partial charge >= 0.3 is 0 Å². The highest BCUT2D eigenvalue weighted by molar-refractivity contribution is 9.10. The second-order valence-electron chi connectivity index (χ2n) is 6.66. The number of hydrogen-bond acceptors (Lipinski definition) is 2. The van der Waals surface area contributed by atoms with Crippen LogP contribution in [0.2, 0.25) is 0 Å².